The van der Waals surface area contributed by atoms with Crippen molar-refractivity contribution in [2.75, 3.05) is 0 Å². The highest BCUT2D eigenvalue weighted by molar-refractivity contribution is 6.70. The maximum absolute atomic E-state index is 6.28. The van der Waals surface area contributed by atoms with Crippen LogP contribution >= 0.6 is 0 Å². The van der Waals surface area contributed by atoms with Crippen molar-refractivity contribution in [2.45, 2.75) is 65.0 Å². The molecule has 0 saturated carbocycles. The van der Waals surface area contributed by atoms with Gasteiger partial charge in [-0.2, -0.15) is 0 Å². The molecule has 0 amide bonds. The summed E-state index contributed by atoms with van der Waals surface area (Å²) in [5.41, 5.74) is 0.346. The molecule has 2 atom stereocenters. The average molecular weight is 279 g/mol. The molecule has 2 unspecified atom stereocenters. The Morgan fingerprint density at radius 1 is 0.812 bits per heavy atom. The van der Waals surface area contributed by atoms with E-state index in [-0.39, 0.29) is 0 Å². The van der Waals surface area contributed by atoms with Gasteiger partial charge in [0.25, 0.3) is 0 Å². The molecule has 0 aromatic carbocycles. The van der Waals surface area contributed by atoms with Crippen molar-refractivity contribution < 1.29 is 8.85 Å². The van der Waals surface area contributed by atoms with Crippen LogP contribution in [0.4, 0.5) is 0 Å². The molecular formula is C11H30O2Si3. The molecule has 0 aliphatic heterocycles. The molecule has 98 valence electrons. The van der Waals surface area contributed by atoms with Gasteiger partial charge in [-0.3, -0.25) is 0 Å². The summed E-state index contributed by atoms with van der Waals surface area (Å²) in [4.78, 5) is 0. The van der Waals surface area contributed by atoms with Gasteiger partial charge in [0.1, 0.15) is 0 Å². The van der Waals surface area contributed by atoms with Crippen molar-refractivity contribution in [1.82, 2.24) is 0 Å². The van der Waals surface area contributed by atoms with Crippen LogP contribution in [0.3, 0.4) is 0 Å². The molecular weight excluding hydrogens is 248 g/mol. The van der Waals surface area contributed by atoms with Crippen LogP contribution in [0.15, 0.2) is 0 Å². The summed E-state index contributed by atoms with van der Waals surface area (Å²) < 4.78 is 12.5. The van der Waals surface area contributed by atoms with Crippen LogP contribution in [-0.2, 0) is 8.85 Å². The fourth-order valence-corrected chi connectivity index (χ4v) is 7.64. The SMILES string of the molecule is CC(C)C(O[Si](C)(C)C)C([SiH3])O[Si](C)(C)C. The topological polar surface area (TPSA) is 18.5 Å². The summed E-state index contributed by atoms with van der Waals surface area (Å²) in [6.07, 6.45) is 0.296. The van der Waals surface area contributed by atoms with Gasteiger partial charge in [0, 0.05) is 10.2 Å². The summed E-state index contributed by atoms with van der Waals surface area (Å²) in [5.74, 6) is 0.547. The first-order chi connectivity index (χ1) is 6.92. The van der Waals surface area contributed by atoms with Gasteiger partial charge in [-0.15, -0.1) is 0 Å². The predicted octanol–water partition coefficient (Wildman–Crippen LogP) is 2.41. The third kappa shape index (κ3) is 7.78. The second-order valence-corrected chi connectivity index (χ2v) is 16.9. The van der Waals surface area contributed by atoms with E-state index in [1.807, 2.05) is 0 Å². The van der Waals surface area contributed by atoms with Crippen LogP contribution in [0.25, 0.3) is 0 Å². The van der Waals surface area contributed by atoms with Gasteiger partial charge in [-0.05, 0) is 45.2 Å². The summed E-state index contributed by atoms with van der Waals surface area (Å²) in [5, 5.41) is 0. The van der Waals surface area contributed by atoms with E-state index in [9.17, 15) is 0 Å². The Morgan fingerprint density at radius 2 is 1.19 bits per heavy atom. The minimum absolute atomic E-state index is 0.296. The summed E-state index contributed by atoms with van der Waals surface area (Å²) in [6, 6.07) is 0. The molecule has 0 saturated heterocycles. The normalized spacial score (nSPS) is 17.8. The number of hydrogen-bond acceptors (Lipinski definition) is 2. The summed E-state index contributed by atoms with van der Waals surface area (Å²) in [6.45, 7) is 18.0. The molecule has 0 aromatic rings. The second-order valence-electron chi connectivity index (χ2n) is 6.87. The van der Waals surface area contributed by atoms with Crippen molar-refractivity contribution in [2.24, 2.45) is 5.92 Å². The standard InChI is InChI=1S/C11H30O2Si3/c1-9(2)10(12-15(3,4)5)11(14)13-16(6,7)8/h9-11H,1-8,14H3. The van der Waals surface area contributed by atoms with Crippen molar-refractivity contribution in [3.63, 3.8) is 0 Å². The highest BCUT2D eigenvalue weighted by atomic mass is 28.4. The molecule has 0 bridgehead atoms. The van der Waals surface area contributed by atoms with Crippen molar-refractivity contribution in [3.05, 3.63) is 0 Å². The lowest BCUT2D eigenvalue weighted by molar-refractivity contribution is 0.0585. The van der Waals surface area contributed by atoms with Crippen LogP contribution in [0.1, 0.15) is 13.8 Å². The zero-order valence-corrected chi connectivity index (χ0v) is 16.5. The minimum atomic E-state index is -1.46. The lowest BCUT2D eigenvalue weighted by atomic mass is 10.1. The van der Waals surface area contributed by atoms with Gasteiger partial charge >= 0.3 is 0 Å². The zero-order chi connectivity index (χ0) is 13.1. The average Bonchev–Trinajstić information content (AvgIpc) is 1.94. The van der Waals surface area contributed by atoms with Gasteiger partial charge < -0.3 is 8.85 Å². The fraction of sp³-hybridized carbons (Fsp3) is 1.00. The Bertz CT molecular complexity index is 206. The molecule has 0 aliphatic carbocycles. The van der Waals surface area contributed by atoms with E-state index in [4.69, 9.17) is 8.85 Å². The molecule has 0 fully saturated rings. The van der Waals surface area contributed by atoms with E-state index < -0.39 is 16.6 Å². The Balaban J connectivity index is 4.54. The monoisotopic (exact) mass is 278 g/mol. The van der Waals surface area contributed by atoms with E-state index in [0.29, 0.717) is 17.7 Å². The Kier molecular flexibility index (Phi) is 6.16. The van der Waals surface area contributed by atoms with Gasteiger partial charge in [0.05, 0.1) is 11.8 Å². The van der Waals surface area contributed by atoms with E-state index in [1.54, 1.807) is 0 Å². The Hall–Kier alpha value is 0.571. The lowest BCUT2D eigenvalue weighted by Crippen LogP contribution is -2.47. The van der Waals surface area contributed by atoms with E-state index >= 15 is 0 Å². The van der Waals surface area contributed by atoms with Crippen molar-refractivity contribution in [1.29, 1.82) is 0 Å². The first-order valence-electron chi connectivity index (χ1n) is 6.28. The predicted molar refractivity (Wildman–Crippen MR) is 81.2 cm³/mol. The van der Waals surface area contributed by atoms with Crippen LogP contribution in [0, 0.1) is 5.92 Å². The first kappa shape index (κ1) is 16.6. The van der Waals surface area contributed by atoms with Gasteiger partial charge in [0.15, 0.2) is 16.6 Å². The minimum Gasteiger partial charge on any atom is -0.416 e. The third-order valence-electron chi connectivity index (χ3n) is 2.15. The maximum Gasteiger partial charge on any atom is 0.184 e. The molecule has 0 heterocycles. The lowest BCUT2D eigenvalue weighted by Gasteiger charge is -2.36. The van der Waals surface area contributed by atoms with E-state index in [2.05, 4.69) is 53.1 Å². The molecule has 16 heavy (non-hydrogen) atoms. The molecule has 0 spiro atoms. The molecule has 2 nitrogen and oxygen atoms in total. The molecule has 0 radical (unpaired) electrons. The van der Waals surface area contributed by atoms with E-state index in [0.717, 1.165) is 10.2 Å². The summed E-state index contributed by atoms with van der Waals surface area (Å²) >= 11 is 0. The van der Waals surface area contributed by atoms with Gasteiger partial charge in [-0.1, -0.05) is 13.8 Å². The first-order valence-corrected chi connectivity index (χ1v) is 14.2. The second kappa shape index (κ2) is 5.95. The van der Waals surface area contributed by atoms with Gasteiger partial charge in [-0.25, -0.2) is 0 Å². The third-order valence-corrected chi connectivity index (χ3v) is 5.57. The summed E-state index contributed by atoms with van der Waals surface area (Å²) in [7, 11) is -1.84. The quantitative estimate of drug-likeness (QED) is 0.695. The Labute approximate surface area is 107 Å². The highest BCUT2D eigenvalue weighted by Crippen LogP contribution is 2.20. The van der Waals surface area contributed by atoms with Crippen LogP contribution in [-0.4, -0.2) is 38.7 Å². The largest absolute Gasteiger partial charge is 0.416 e. The molecule has 0 N–H and O–H groups in total. The maximum atomic E-state index is 6.28. The zero-order valence-electron chi connectivity index (χ0n) is 12.5. The van der Waals surface area contributed by atoms with Crippen molar-refractivity contribution in [3.8, 4) is 0 Å². The van der Waals surface area contributed by atoms with Crippen LogP contribution in [0.2, 0.25) is 39.3 Å². The smallest absolute Gasteiger partial charge is 0.184 e. The Morgan fingerprint density at radius 3 is 1.44 bits per heavy atom. The fourth-order valence-electron chi connectivity index (χ4n) is 1.81. The number of rotatable bonds is 6. The van der Waals surface area contributed by atoms with E-state index in [1.165, 1.54) is 0 Å². The molecule has 0 aliphatic rings. The molecule has 0 rings (SSSR count). The highest BCUT2D eigenvalue weighted by Gasteiger charge is 2.31. The van der Waals surface area contributed by atoms with Crippen molar-refractivity contribution >= 4 is 26.9 Å². The van der Waals surface area contributed by atoms with Gasteiger partial charge in [0.2, 0.25) is 0 Å². The molecule has 5 heteroatoms. The van der Waals surface area contributed by atoms with Crippen LogP contribution in [0.5, 0.6) is 0 Å². The van der Waals surface area contributed by atoms with Crippen LogP contribution < -0.4 is 0 Å². The molecule has 0 aromatic heterocycles. The number of hydrogen-bond donors (Lipinski definition) is 0.